The Kier molecular flexibility index (Phi) is 3.02. The van der Waals surface area contributed by atoms with E-state index in [4.69, 9.17) is 0 Å². The van der Waals surface area contributed by atoms with Crippen molar-refractivity contribution in [3.05, 3.63) is 41.7 Å². The molecule has 14 heavy (non-hydrogen) atoms. The van der Waals surface area contributed by atoms with Gasteiger partial charge in [0.05, 0.1) is 12.7 Å². The molecule has 0 saturated carbocycles. The van der Waals surface area contributed by atoms with E-state index in [1.807, 2.05) is 0 Å². The van der Waals surface area contributed by atoms with Crippen LogP contribution in [0.15, 0.2) is 24.8 Å². The molecule has 0 unspecified atom stereocenters. The van der Waals surface area contributed by atoms with Crippen molar-refractivity contribution in [2.75, 3.05) is 7.11 Å². The molecule has 1 aromatic rings. The van der Waals surface area contributed by atoms with Crippen molar-refractivity contribution < 1.29 is 13.9 Å². The molecule has 0 heterocycles. The number of carbonyl (C=O) groups is 1. The fourth-order valence-electron chi connectivity index (χ4n) is 1.07. The van der Waals surface area contributed by atoms with Gasteiger partial charge in [0.15, 0.2) is 0 Å². The van der Waals surface area contributed by atoms with Gasteiger partial charge in [0, 0.05) is 0 Å². The first-order valence-electron chi connectivity index (χ1n) is 4.09. The van der Waals surface area contributed by atoms with Gasteiger partial charge in [-0.15, -0.1) is 0 Å². The minimum absolute atomic E-state index is 0.200. The zero-order valence-electron chi connectivity index (χ0n) is 8.13. The van der Waals surface area contributed by atoms with Crippen LogP contribution in [0.2, 0.25) is 0 Å². The first-order chi connectivity index (χ1) is 6.54. The van der Waals surface area contributed by atoms with Crippen molar-refractivity contribution in [1.82, 2.24) is 0 Å². The monoisotopic (exact) mass is 194 g/mol. The van der Waals surface area contributed by atoms with Crippen LogP contribution in [-0.2, 0) is 4.74 Å². The Balaban J connectivity index is 3.20. The Labute approximate surface area is 82.0 Å². The molecule has 0 aliphatic rings. The Morgan fingerprint density at radius 3 is 2.43 bits per heavy atom. The largest absolute Gasteiger partial charge is 0.465 e. The van der Waals surface area contributed by atoms with Crippen LogP contribution in [0.25, 0.3) is 5.57 Å². The fourth-order valence-corrected chi connectivity index (χ4v) is 1.07. The van der Waals surface area contributed by atoms with E-state index in [-0.39, 0.29) is 5.56 Å². The summed E-state index contributed by atoms with van der Waals surface area (Å²) in [5.41, 5.74) is 1.51. The molecule has 0 aliphatic carbocycles. The van der Waals surface area contributed by atoms with E-state index in [9.17, 15) is 9.18 Å². The van der Waals surface area contributed by atoms with Gasteiger partial charge in [0.1, 0.15) is 5.82 Å². The molecule has 0 spiro atoms. The minimum Gasteiger partial charge on any atom is -0.465 e. The van der Waals surface area contributed by atoms with Crippen molar-refractivity contribution in [3.8, 4) is 0 Å². The molecule has 1 rings (SSSR count). The van der Waals surface area contributed by atoms with Gasteiger partial charge >= 0.3 is 5.97 Å². The predicted octanol–water partition coefficient (Wildman–Crippen LogP) is 2.65. The second-order valence-corrected chi connectivity index (χ2v) is 3.00. The van der Waals surface area contributed by atoms with Crippen LogP contribution in [0, 0.1) is 5.82 Å². The summed E-state index contributed by atoms with van der Waals surface area (Å²) in [6.45, 7) is 5.42. The molecular formula is C11H11FO2. The number of hydrogen-bond acceptors (Lipinski definition) is 2. The van der Waals surface area contributed by atoms with Crippen molar-refractivity contribution in [1.29, 1.82) is 0 Å². The summed E-state index contributed by atoms with van der Waals surface area (Å²) in [6.07, 6.45) is 0. The highest BCUT2D eigenvalue weighted by Gasteiger charge is 2.08. The molecule has 1 aromatic carbocycles. The van der Waals surface area contributed by atoms with E-state index in [2.05, 4.69) is 11.3 Å². The average Bonchev–Trinajstić information content (AvgIpc) is 2.15. The SMILES string of the molecule is C=C(C)c1cc(F)cc(C(=O)OC)c1. The fraction of sp³-hybridized carbons (Fsp3) is 0.182. The van der Waals surface area contributed by atoms with Crippen LogP contribution in [0.4, 0.5) is 4.39 Å². The third-order valence-electron chi connectivity index (χ3n) is 1.81. The van der Waals surface area contributed by atoms with Crippen molar-refractivity contribution in [2.24, 2.45) is 0 Å². The van der Waals surface area contributed by atoms with Gasteiger partial charge in [-0.2, -0.15) is 0 Å². The number of carbonyl (C=O) groups excluding carboxylic acids is 1. The first-order valence-corrected chi connectivity index (χ1v) is 4.09. The van der Waals surface area contributed by atoms with Gasteiger partial charge in [0.25, 0.3) is 0 Å². The molecule has 2 nitrogen and oxygen atoms in total. The molecule has 3 heteroatoms. The van der Waals surface area contributed by atoms with E-state index >= 15 is 0 Å². The second-order valence-electron chi connectivity index (χ2n) is 3.00. The predicted molar refractivity (Wildman–Crippen MR) is 52.4 cm³/mol. The highest BCUT2D eigenvalue weighted by atomic mass is 19.1. The lowest BCUT2D eigenvalue weighted by molar-refractivity contribution is 0.0600. The number of benzene rings is 1. The van der Waals surface area contributed by atoms with E-state index in [0.717, 1.165) is 6.07 Å². The molecular weight excluding hydrogens is 183 g/mol. The molecule has 0 N–H and O–H groups in total. The summed E-state index contributed by atoms with van der Waals surface area (Å²) in [7, 11) is 1.26. The maximum Gasteiger partial charge on any atom is 0.337 e. The van der Waals surface area contributed by atoms with Crippen LogP contribution in [-0.4, -0.2) is 13.1 Å². The van der Waals surface area contributed by atoms with Gasteiger partial charge in [0.2, 0.25) is 0 Å². The molecule has 0 aliphatic heterocycles. The number of esters is 1. The smallest absolute Gasteiger partial charge is 0.337 e. The summed E-state index contributed by atoms with van der Waals surface area (Å²) in [5, 5.41) is 0. The van der Waals surface area contributed by atoms with Gasteiger partial charge in [-0.1, -0.05) is 12.2 Å². The quantitative estimate of drug-likeness (QED) is 0.676. The third-order valence-corrected chi connectivity index (χ3v) is 1.81. The minimum atomic E-state index is -0.549. The maximum atomic E-state index is 13.0. The molecule has 0 bridgehead atoms. The topological polar surface area (TPSA) is 26.3 Å². The second kappa shape index (κ2) is 4.05. The Morgan fingerprint density at radius 1 is 1.36 bits per heavy atom. The van der Waals surface area contributed by atoms with Crippen molar-refractivity contribution in [3.63, 3.8) is 0 Å². The van der Waals surface area contributed by atoms with Gasteiger partial charge < -0.3 is 4.74 Å². The maximum absolute atomic E-state index is 13.0. The van der Waals surface area contributed by atoms with E-state index in [1.165, 1.54) is 13.2 Å². The molecule has 0 saturated heterocycles. The number of hydrogen-bond donors (Lipinski definition) is 0. The van der Waals surface area contributed by atoms with Crippen LogP contribution < -0.4 is 0 Å². The summed E-state index contributed by atoms with van der Waals surface area (Å²) in [5.74, 6) is -1.02. The van der Waals surface area contributed by atoms with Gasteiger partial charge in [-0.25, -0.2) is 9.18 Å². The number of halogens is 1. The summed E-state index contributed by atoms with van der Waals surface area (Å²) in [6, 6.07) is 4.02. The highest BCUT2D eigenvalue weighted by molar-refractivity contribution is 5.90. The Bertz CT molecular complexity index is 383. The van der Waals surface area contributed by atoms with Crippen LogP contribution in [0.1, 0.15) is 22.8 Å². The number of rotatable bonds is 2. The van der Waals surface area contributed by atoms with E-state index < -0.39 is 11.8 Å². The van der Waals surface area contributed by atoms with Crippen molar-refractivity contribution >= 4 is 11.5 Å². The molecule has 74 valence electrons. The Morgan fingerprint density at radius 2 is 1.93 bits per heavy atom. The molecule has 0 aromatic heterocycles. The normalized spacial score (nSPS) is 9.64. The van der Waals surface area contributed by atoms with E-state index in [0.29, 0.717) is 11.1 Å². The van der Waals surface area contributed by atoms with Crippen LogP contribution >= 0.6 is 0 Å². The molecule has 0 radical (unpaired) electrons. The number of methoxy groups -OCH3 is 1. The van der Waals surface area contributed by atoms with Crippen molar-refractivity contribution in [2.45, 2.75) is 6.92 Å². The Hall–Kier alpha value is -1.64. The lowest BCUT2D eigenvalue weighted by Gasteiger charge is -2.03. The summed E-state index contributed by atoms with van der Waals surface area (Å²) < 4.78 is 17.5. The standard InChI is InChI=1S/C11H11FO2/c1-7(2)8-4-9(11(13)14-3)6-10(12)5-8/h4-6H,1H2,2-3H3. The number of allylic oxidation sites excluding steroid dienone is 1. The average molecular weight is 194 g/mol. The van der Waals surface area contributed by atoms with Gasteiger partial charge in [-0.3, -0.25) is 0 Å². The molecule has 0 atom stereocenters. The number of ether oxygens (including phenoxy) is 1. The summed E-state index contributed by atoms with van der Waals surface area (Å²) >= 11 is 0. The van der Waals surface area contributed by atoms with E-state index in [1.54, 1.807) is 13.0 Å². The zero-order chi connectivity index (χ0) is 10.7. The van der Waals surface area contributed by atoms with Crippen LogP contribution in [0.5, 0.6) is 0 Å². The van der Waals surface area contributed by atoms with Crippen LogP contribution in [0.3, 0.4) is 0 Å². The molecule has 0 fully saturated rings. The summed E-state index contributed by atoms with van der Waals surface area (Å²) in [4.78, 5) is 11.1. The molecule has 0 amide bonds. The zero-order valence-corrected chi connectivity index (χ0v) is 8.13. The lowest BCUT2D eigenvalue weighted by atomic mass is 10.1. The first kappa shape index (κ1) is 10.4. The third kappa shape index (κ3) is 2.19. The highest BCUT2D eigenvalue weighted by Crippen LogP contribution is 2.16. The van der Waals surface area contributed by atoms with Gasteiger partial charge in [-0.05, 0) is 30.7 Å². The lowest BCUT2D eigenvalue weighted by Crippen LogP contribution is -2.02.